The summed E-state index contributed by atoms with van der Waals surface area (Å²) >= 11 is 3.75. The van der Waals surface area contributed by atoms with Crippen LogP contribution in [0.5, 0.6) is 11.5 Å². The van der Waals surface area contributed by atoms with E-state index in [0.717, 1.165) is 54.1 Å². The quantitative estimate of drug-likeness (QED) is 0.820. The van der Waals surface area contributed by atoms with Crippen molar-refractivity contribution in [2.24, 2.45) is 0 Å². The second-order valence-corrected chi connectivity index (χ2v) is 7.03. The van der Waals surface area contributed by atoms with Crippen molar-refractivity contribution < 1.29 is 9.47 Å². The second kappa shape index (κ2) is 8.70. The number of hydrogen-bond acceptors (Lipinski definition) is 4. The molecule has 5 heteroatoms. The van der Waals surface area contributed by atoms with E-state index < -0.39 is 0 Å². The van der Waals surface area contributed by atoms with Crippen LogP contribution in [0.3, 0.4) is 0 Å². The number of hydrogen-bond donors (Lipinski definition) is 1. The topological polar surface area (TPSA) is 33.7 Å². The lowest BCUT2D eigenvalue weighted by Crippen LogP contribution is -2.33. The smallest absolute Gasteiger partial charge is 0.124 e. The number of nitrogens with zero attached hydrogens (tertiary/aromatic N) is 1. The van der Waals surface area contributed by atoms with Gasteiger partial charge in [0.1, 0.15) is 11.5 Å². The standard InChI is InChI=1S/C20H25BrN2O2/c1-24-15-8-9-19(25-2)17(14-15)20(16-6-3-4-7-18(16)21)23-12-5-10-22-11-13-23/h3-4,6-9,14,20,22H,5,10-13H2,1-2H3. The summed E-state index contributed by atoms with van der Waals surface area (Å²) in [6, 6.07) is 14.6. The molecule has 4 nitrogen and oxygen atoms in total. The molecule has 3 rings (SSSR count). The molecule has 0 spiro atoms. The van der Waals surface area contributed by atoms with Gasteiger partial charge in [-0.05, 0) is 42.8 Å². The largest absolute Gasteiger partial charge is 0.497 e. The summed E-state index contributed by atoms with van der Waals surface area (Å²) in [5, 5.41) is 3.49. The van der Waals surface area contributed by atoms with Crippen molar-refractivity contribution in [3.05, 3.63) is 58.1 Å². The van der Waals surface area contributed by atoms with E-state index in [2.05, 4.69) is 56.5 Å². The summed E-state index contributed by atoms with van der Waals surface area (Å²) in [6.45, 7) is 4.09. The van der Waals surface area contributed by atoms with Crippen LogP contribution in [0.15, 0.2) is 46.9 Å². The lowest BCUT2D eigenvalue weighted by atomic mass is 9.95. The molecule has 1 unspecified atom stereocenters. The van der Waals surface area contributed by atoms with Gasteiger partial charge in [-0.1, -0.05) is 34.1 Å². The van der Waals surface area contributed by atoms with Crippen LogP contribution in [-0.4, -0.2) is 45.3 Å². The van der Waals surface area contributed by atoms with Crippen molar-refractivity contribution in [3.63, 3.8) is 0 Å². The zero-order valence-electron chi connectivity index (χ0n) is 14.8. The van der Waals surface area contributed by atoms with Crippen molar-refractivity contribution in [1.82, 2.24) is 10.2 Å². The Bertz CT molecular complexity index is 700. The van der Waals surface area contributed by atoms with E-state index in [9.17, 15) is 0 Å². The first-order chi connectivity index (χ1) is 12.2. The SMILES string of the molecule is COc1ccc(OC)c(C(c2ccccc2Br)N2CCCNCC2)c1. The zero-order chi connectivity index (χ0) is 17.6. The lowest BCUT2D eigenvalue weighted by molar-refractivity contribution is 0.235. The second-order valence-electron chi connectivity index (χ2n) is 6.17. The molecule has 1 aliphatic rings. The summed E-state index contributed by atoms with van der Waals surface area (Å²) in [5.74, 6) is 1.74. The van der Waals surface area contributed by atoms with Gasteiger partial charge in [0.05, 0.1) is 20.3 Å². The maximum atomic E-state index is 5.70. The molecule has 1 fully saturated rings. The van der Waals surface area contributed by atoms with Crippen LogP contribution in [0.25, 0.3) is 0 Å². The van der Waals surface area contributed by atoms with Crippen molar-refractivity contribution in [2.75, 3.05) is 40.4 Å². The van der Waals surface area contributed by atoms with Crippen LogP contribution in [0.4, 0.5) is 0 Å². The molecule has 1 saturated heterocycles. The Kier molecular flexibility index (Phi) is 6.34. The van der Waals surface area contributed by atoms with Gasteiger partial charge in [-0.3, -0.25) is 4.90 Å². The first-order valence-corrected chi connectivity index (χ1v) is 9.45. The van der Waals surface area contributed by atoms with E-state index in [4.69, 9.17) is 9.47 Å². The van der Waals surface area contributed by atoms with Crippen LogP contribution in [0.1, 0.15) is 23.6 Å². The van der Waals surface area contributed by atoms with Crippen LogP contribution < -0.4 is 14.8 Å². The van der Waals surface area contributed by atoms with Gasteiger partial charge < -0.3 is 14.8 Å². The molecule has 134 valence electrons. The molecular formula is C20H25BrN2O2. The molecule has 2 aromatic carbocycles. The number of methoxy groups -OCH3 is 2. The number of ether oxygens (including phenoxy) is 2. The van der Waals surface area contributed by atoms with Gasteiger partial charge in [0.25, 0.3) is 0 Å². The Morgan fingerprint density at radius 3 is 2.60 bits per heavy atom. The third kappa shape index (κ3) is 4.17. The molecular weight excluding hydrogens is 380 g/mol. The van der Waals surface area contributed by atoms with Gasteiger partial charge in [0, 0.05) is 29.7 Å². The fourth-order valence-electron chi connectivity index (χ4n) is 3.44. The molecule has 1 N–H and O–H groups in total. The Morgan fingerprint density at radius 2 is 1.84 bits per heavy atom. The number of benzene rings is 2. The van der Waals surface area contributed by atoms with Gasteiger partial charge in [-0.15, -0.1) is 0 Å². The summed E-state index contributed by atoms with van der Waals surface area (Å²) in [6.07, 6.45) is 1.13. The van der Waals surface area contributed by atoms with E-state index in [1.807, 2.05) is 12.1 Å². The van der Waals surface area contributed by atoms with Crippen molar-refractivity contribution in [3.8, 4) is 11.5 Å². The van der Waals surface area contributed by atoms with E-state index in [1.165, 1.54) is 5.56 Å². The molecule has 0 saturated carbocycles. The fourth-order valence-corrected chi connectivity index (χ4v) is 3.94. The monoisotopic (exact) mass is 404 g/mol. The number of halogens is 1. The zero-order valence-corrected chi connectivity index (χ0v) is 16.4. The van der Waals surface area contributed by atoms with Crippen LogP contribution >= 0.6 is 15.9 Å². The first-order valence-electron chi connectivity index (χ1n) is 8.65. The molecule has 0 aromatic heterocycles. The Balaban J connectivity index is 2.12. The van der Waals surface area contributed by atoms with Crippen molar-refractivity contribution >= 4 is 15.9 Å². The first kappa shape index (κ1) is 18.2. The predicted octanol–water partition coefficient (Wildman–Crippen LogP) is 3.85. The van der Waals surface area contributed by atoms with Gasteiger partial charge in [0.15, 0.2) is 0 Å². The van der Waals surface area contributed by atoms with Gasteiger partial charge in [-0.25, -0.2) is 0 Å². The summed E-state index contributed by atoms with van der Waals surface area (Å²) in [5.41, 5.74) is 2.38. The number of rotatable bonds is 5. The molecule has 1 aliphatic heterocycles. The molecule has 0 radical (unpaired) electrons. The van der Waals surface area contributed by atoms with Gasteiger partial charge in [-0.2, -0.15) is 0 Å². The van der Waals surface area contributed by atoms with Gasteiger partial charge in [0.2, 0.25) is 0 Å². The highest BCUT2D eigenvalue weighted by Crippen LogP contribution is 2.39. The third-order valence-corrected chi connectivity index (χ3v) is 5.39. The van der Waals surface area contributed by atoms with E-state index in [-0.39, 0.29) is 6.04 Å². The van der Waals surface area contributed by atoms with Crippen molar-refractivity contribution in [2.45, 2.75) is 12.5 Å². The molecule has 25 heavy (non-hydrogen) atoms. The fraction of sp³-hybridized carbons (Fsp3) is 0.400. The van der Waals surface area contributed by atoms with Crippen LogP contribution in [0, 0.1) is 0 Å². The molecule has 0 amide bonds. The predicted molar refractivity (Wildman–Crippen MR) is 105 cm³/mol. The van der Waals surface area contributed by atoms with Gasteiger partial charge >= 0.3 is 0 Å². The number of nitrogens with one attached hydrogen (secondary N) is 1. The molecule has 0 bridgehead atoms. The minimum absolute atomic E-state index is 0.112. The van der Waals surface area contributed by atoms with E-state index in [0.29, 0.717) is 0 Å². The van der Waals surface area contributed by atoms with E-state index >= 15 is 0 Å². The third-order valence-electron chi connectivity index (χ3n) is 4.67. The Hall–Kier alpha value is -1.56. The minimum atomic E-state index is 0.112. The maximum absolute atomic E-state index is 5.70. The normalized spacial score (nSPS) is 16.9. The average molecular weight is 405 g/mol. The lowest BCUT2D eigenvalue weighted by Gasteiger charge is -2.33. The van der Waals surface area contributed by atoms with Crippen LogP contribution in [-0.2, 0) is 0 Å². The summed E-state index contributed by atoms with van der Waals surface area (Å²) < 4.78 is 12.3. The average Bonchev–Trinajstić information content (AvgIpc) is 2.93. The molecule has 2 aromatic rings. The summed E-state index contributed by atoms with van der Waals surface area (Å²) in [4.78, 5) is 2.53. The minimum Gasteiger partial charge on any atom is -0.497 e. The Morgan fingerprint density at radius 1 is 1.00 bits per heavy atom. The molecule has 1 atom stereocenters. The van der Waals surface area contributed by atoms with E-state index in [1.54, 1.807) is 14.2 Å². The molecule has 1 heterocycles. The Labute approximate surface area is 158 Å². The van der Waals surface area contributed by atoms with Crippen LogP contribution in [0.2, 0.25) is 0 Å². The van der Waals surface area contributed by atoms with Crippen molar-refractivity contribution in [1.29, 1.82) is 0 Å². The highest BCUT2D eigenvalue weighted by atomic mass is 79.9. The maximum Gasteiger partial charge on any atom is 0.124 e. The molecule has 0 aliphatic carbocycles. The highest BCUT2D eigenvalue weighted by molar-refractivity contribution is 9.10. The highest BCUT2D eigenvalue weighted by Gasteiger charge is 2.27. The summed E-state index contributed by atoms with van der Waals surface area (Å²) in [7, 11) is 3.43.